The molecule has 1 aromatic rings. The molecule has 0 fully saturated rings. The number of benzene rings is 1. The van der Waals surface area contributed by atoms with E-state index >= 15 is 0 Å². The molecule has 1 rings (SSSR count). The van der Waals surface area contributed by atoms with Gasteiger partial charge in [-0.3, -0.25) is 4.79 Å². The number of carbonyl (C=O) groups is 1. The summed E-state index contributed by atoms with van der Waals surface area (Å²) in [6.07, 6.45) is 0. The average Bonchev–Trinajstić information content (AvgIpc) is 2.27. The number of nitrogens with one attached hydrogen (secondary N) is 2. The summed E-state index contributed by atoms with van der Waals surface area (Å²) in [6.45, 7) is 4.49. The Morgan fingerprint density at radius 3 is 2.75 bits per heavy atom. The van der Waals surface area contributed by atoms with Crippen LogP contribution in [0, 0.1) is 5.82 Å². The van der Waals surface area contributed by atoms with Gasteiger partial charge in [0, 0.05) is 18.2 Å². The van der Waals surface area contributed by atoms with Crippen molar-refractivity contribution in [3.63, 3.8) is 0 Å². The lowest BCUT2D eigenvalue weighted by atomic mass is 10.1. The standard InChI is InChI=1S/C12H17FN2O/c1-3-14-12(16)8-15-9(2)10-6-4-5-7-11(10)13/h4-7,9,15H,3,8H2,1-2H3,(H,14,16). The highest BCUT2D eigenvalue weighted by Crippen LogP contribution is 2.15. The Morgan fingerprint density at radius 2 is 2.12 bits per heavy atom. The fourth-order valence-electron chi connectivity index (χ4n) is 1.44. The molecule has 4 heteroatoms. The van der Waals surface area contributed by atoms with Crippen molar-refractivity contribution < 1.29 is 9.18 Å². The number of hydrogen-bond donors (Lipinski definition) is 2. The van der Waals surface area contributed by atoms with Gasteiger partial charge in [-0.1, -0.05) is 18.2 Å². The van der Waals surface area contributed by atoms with Crippen LogP contribution in [-0.2, 0) is 4.79 Å². The molecule has 1 unspecified atom stereocenters. The number of carbonyl (C=O) groups excluding carboxylic acids is 1. The Balaban J connectivity index is 2.50. The second-order valence-electron chi connectivity index (χ2n) is 3.58. The number of rotatable bonds is 5. The zero-order valence-corrected chi connectivity index (χ0v) is 9.59. The molecule has 0 radical (unpaired) electrons. The van der Waals surface area contributed by atoms with E-state index in [-0.39, 0.29) is 24.3 Å². The average molecular weight is 224 g/mol. The highest BCUT2D eigenvalue weighted by atomic mass is 19.1. The first kappa shape index (κ1) is 12.6. The van der Waals surface area contributed by atoms with Crippen molar-refractivity contribution in [1.29, 1.82) is 0 Å². The summed E-state index contributed by atoms with van der Waals surface area (Å²) in [5, 5.41) is 5.64. The zero-order valence-electron chi connectivity index (χ0n) is 9.59. The molecule has 1 atom stereocenters. The van der Waals surface area contributed by atoms with Gasteiger partial charge >= 0.3 is 0 Å². The predicted octanol–water partition coefficient (Wildman–Crippen LogP) is 1.61. The van der Waals surface area contributed by atoms with Gasteiger partial charge in [0.25, 0.3) is 0 Å². The molecule has 3 nitrogen and oxygen atoms in total. The number of halogens is 1. The Kier molecular flexibility index (Phi) is 4.92. The Labute approximate surface area is 95.0 Å². The van der Waals surface area contributed by atoms with Crippen molar-refractivity contribution in [2.24, 2.45) is 0 Å². The van der Waals surface area contributed by atoms with Gasteiger partial charge < -0.3 is 10.6 Å². The topological polar surface area (TPSA) is 41.1 Å². The normalized spacial score (nSPS) is 12.2. The number of amides is 1. The van der Waals surface area contributed by atoms with Gasteiger partial charge in [0.05, 0.1) is 6.54 Å². The van der Waals surface area contributed by atoms with E-state index in [4.69, 9.17) is 0 Å². The lowest BCUT2D eigenvalue weighted by Gasteiger charge is -2.14. The Bertz CT molecular complexity index is 355. The molecule has 0 saturated heterocycles. The molecule has 0 spiro atoms. The zero-order chi connectivity index (χ0) is 12.0. The van der Waals surface area contributed by atoms with Crippen LogP contribution in [0.5, 0.6) is 0 Å². The van der Waals surface area contributed by atoms with Gasteiger partial charge in [-0.2, -0.15) is 0 Å². The van der Waals surface area contributed by atoms with Crippen LogP contribution in [-0.4, -0.2) is 19.0 Å². The second-order valence-corrected chi connectivity index (χ2v) is 3.58. The van der Waals surface area contributed by atoms with Crippen LogP contribution in [0.3, 0.4) is 0 Å². The monoisotopic (exact) mass is 224 g/mol. The van der Waals surface area contributed by atoms with Crippen LogP contribution in [0.1, 0.15) is 25.5 Å². The van der Waals surface area contributed by atoms with E-state index in [0.29, 0.717) is 12.1 Å². The van der Waals surface area contributed by atoms with E-state index in [0.717, 1.165) is 0 Å². The van der Waals surface area contributed by atoms with Crippen LogP contribution in [0.4, 0.5) is 4.39 Å². The van der Waals surface area contributed by atoms with Crippen molar-refractivity contribution in [2.75, 3.05) is 13.1 Å². The summed E-state index contributed by atoms with van der Waals surface area (Å²) in [4.78, 5) is 11.2. The molecule has 1 aromatic carbocycles. The molecule has 88 valence electrons. The van der Waals surface area contributed by atoms with Crippen LogP contribution in [0.25, 0.3) is 0 Å². The van der Waals surface area contributed by atoms with Gasteiger partial charge in [-0.05, 0) is 19.9 Å². The molecule has 0 aromatic heterocycles. The van der Waals surface area contributed by atoms with Crippen LogP contribution in [0.15, 0.2) is 24.3 Å². The maximum atomic E-state index is 13.4. The third kappa shape index (κ3) is 3.62. The first-order chi connectivity index (χ1) is 7.65. The minimum atomic E-state index is -0.251. The summed E-state index contributed by atoms with van der Waals surface area (Å²) in [6, 6.07) is 6.38. The number of likely N-dealkylation sites (N-methyl/N-ethyl adjacent to an activating group) is 1. The van der Waals surface area contributed by atoms with Gasteiger partial charge in [0.1, 0.15) is 5.82 Å². The summed E-state index contributed by atoms with van der Waals surface area (Å²) in [5.74, 6) is -0.330. The van der Waals surface area contributed by atoms with Crippen molar-refractivity contribution >= 4 is 5.91 Å². The van der Waals surface area contributed by atoms with E-state index in [1.54, 1.807) is 18.2 Å². The largest absolute Gasteiger partial charge is 0.355 e. The Hall–Kier alpha value is -1.42. The summed E-state index contributed by atoms with van der Waals surface area (Å²) in [7, 11) is 0. The molecular weight excluding hydrogens is 207 g/mol. The van der Waals surface area contributed by atoms with E-state index in [9.17, 15) is 9.18 Å². The smallest absolute Gasteiger partial charge is 0.233 e. The molecule has 0 heterocycles. The van der Waals surface area contributed by atoms with Gasteiger partial charge in [0.2, 0.25) is 5.91 Å². The van der Waals surface area contributed by atoms with Crippen LogP contribution < -0.4 is 10.6 Å². The highest BCUT2D eigenvalue weighted by molar-refractivity contribution is 5.77. The molecule has 0 saturated carbocycles. The lowest BCUT2D eigenvalue weighted by molar-refractivity contribution is -0.120. The van der Waals surface area contributed by atoms with Crippen molar-refractivity contribution in [3.05, 3.63) is 35.6 Å². The molecule has 0 aliphatic rings. The van der Waals surface area contributed by atoms with E-state index in [2.05, 4.69) is 10.6 Å². The third-order valence-corrected chi connectivity index (χ3v) is 2.31. The first-order valence-electron chi connectivity index (χ1n) is 5.39. The second kappa shape index (κ2) is 6.23. The highest BCUT2D eigenvalue weighted by Gasteiger charge is 2.10. The van der Waals surface area contributed by atoms with Gasteiger partial charge in [-0.15, -0.1) is 0 Å². The quantitative estimate of drug-likeness (QED) is 0.798. The predicted molar refractivity (Wildman–Crippen MR) is 61.5 cm³/mol. The minimum Gasteiger partial charge on any atom is -0.355 e. The molecular formula is C12H17FN2O. The fourth-order valence-corrected chi connectivity index (χ4v) is 1.44. The third-order valence-electron chi connectivity index (χ3n) is 2.31. The van der Waals surface area contributed by atoms with E-state index < -0.39 is 0 Å². The molecule has 0 aliphatic heterocycles. The first-order valence-corrected chi connectivity index (χ1v) is 5.39. The lowest BCUT2D eigenvalue weighted by Crippen LogP contribution is -2.35. The minimum absolute atomic E-state index is 0.0781. The van der Waals surface area contributed by atoms with E-state index in [1.165, 1.54) is 6.07 Å². The maximum absolute atomic E-state index is 13.4. The van der Waals surface area contributed by atoms with Gasteiger partial charge in [-0.25, -0.2) is 4.39 Å². The molecule has 1 amide bonds. The van der Waals surface area contributed by atoms with Crippen molar-refractivity contribution in [1.82, 2.24) is 10.6 Å². The molecule has 2 N–H and O–H groups in total. The summed E-state index contributed by atoms with van der Waals surface area (Å²) < 4.78 is 13.4. The molecule has 16 heavy (non-hydrogen) atoms. The van der Waals surface area contributed by atoms with Crippen molar-refractivity contribution in [3.8, 4) is 0 Å². The fraction of sp³-hybridized carbons (Fsp3) is 0.417. The van der Waals surface area contributed by atoms with Gasteiger partial charge in [0.15, 0.2) is 0 Å². The van der Waals surface area contributed by atoms with Crippen LogP contribution in [0.2, 0.25) is 0 Å². The Morgan fingerprint density at radius 1 is 1.44 bits per heavy atom. The maximum Gasteiger partial charge on any atom is 0.233 e. The summed E-state index contributed by atoms with van der Waals surface area (Å²) >= 11 is 0. The molecule has 0 bridgehead atoms. The SMILES string of the molecule is CCNC(=O)CNC(C)c1ccccc1F. The molecule has 0 aliphatic carbocycles. The van der Waals surface area contributed by atoms with Crippen LogP contribution >= 0.6 is 0 Å². The van der Waals surface area contributed by atoms with E-state index in [1.807, 2.05) is 13.8 Å². The van der Waals surface area contributed by atoms with Crippen molar-refractivity contribution in [2.45, 2.75) is 19.9 Å². The summed E-state index contributed by atoms with van der Waals surface area (Å²) in [5.41, 5.74) is 0.576. The number of hydrogen-bond acceptors (Lipinski definition) is 2.